The number of benzene rings is 2. The Labute approximate surface area is 158 Å². The monoisotopic (exact) mass is 390 g/mol. The molecule has 128 valence electrons. The zero-order chi connectivity index (χ0) is 17.8. The van der Waals surface area contributed by atoms with Crippen LogP contribution >= 0.6 is 34.7 Å². The molecule has 0 fully saturated rings. The van der Waals surface area contributed by atoms with Crippen molar-refractivity contribution < 1.29 is 9.59 Å². The lowest BCUT2D eigenvalue weighted by Gasteiger charge is -2.04. The number of thiazole rings is 1. The lowest BCUT2D eigenvalue weighted by Crippen LogP contribution is -2.09. The summed E-state index contributed by atoms with van der Waals surface area (Å²) >= 11 is 8.93. The molecule has 2 aromatic carbocycles. The Bertz CT molecular complexity index is 922. The number of aromatic nitrogens is 1. The molecular weight excluding hydrogens is 376 g/mol. The predicted octanol–water partition coefficient (Wildman–Crippen LogP) is 5.27. The summed E-state index contributed by atoms with van der Waals surface area (Å²) in [7, 11) is 0. The molecule has 25 heavy (non-hydrogen) atoms. The molecule has 0 aliphatic heterocycles. The number of Topliss-reactive ketones (excluding diaryl/α,β-unsaturated/α-hetero) is 1. The van der Waals surface area contributed by atoms with Gasteiger partial charge in [0.25, 0.3) is 0 Å². The Morgan fingerprint density at radius 2 is 1.96 bits per heavy atom. The Balaban J connectivity index is 1.62. The fourth-order valence-electron chi connectivity index (χ4n) is 2.14. The highest BCUT2D eigenvalue weighted by molar-refractivity contribution is 8.01. The van der Waals surface area contributed by atoms with Crippen molar-refractivity contribution in [1.29, 1.82) is 0 Å². The Morgan fingerprint density at radius 1 is 1.20 bits per heavy atom. The van der Waals surface area contributed by atoms with Crippen LogP contribution in [0.25, 0.3) is 10.2 Å². The molecule has 1 N–H and O–H groups in total. The average molecular weight is 391 g/mol. The smallest absolute Gasteiger partial charge is 0.224 e. The molecule has 0 aliphatic rings. The van der Waals surface area contributed by atoms with Crippen molar-refractivity contribution in [3.05, 3.63) is 53.1 Å². The first-order chi connectivity index (χ1) is 12.0. The van der Waals surface area contributed by atoms with Gasteiger partial charge in [0.2, 0.25) is 5.91 Å². The highest BCUT2D eigenvalue weighted by Crippen LogP contribution is 2.31. The molecule has 0 unspecified atom stereocenters. The lowest BCUT2D eigenvalue weighted by molar-refractivity contribution is -0.115. The van der Waals surface area contributed by atoms with Gasteiger partial charge in [-0.3, -0.25) is 9.59 Å². The van der Waals surface area contributed by atoms with E-state index in [9.17, 15) is 9.59 Å². The molecule has 0 radical (unpaired) electrons. The molecular formula is C18H15ClN2O2S2. The van der Waals surface area contributed by atoms with Gasteiger partial charge in [0.1, 0.15) is 0 Å². The van der Waals surface area contributed by atoms with Crippen molar-refractivity contribution in [3.63, 3.8) is 0 Å². The second kappa shape index (κ2) is 7.99. The third-order valence-electron chi connectivity index (χ3n) is 3.47. The lowest BCUT2D eigenvalue weighted by atomic mass is 10.1. The van der Waals surface area contributed by atoms with Crippen molar-refractivity contribution in [2.24, 2.45) is 0 Å². The summed E-state index contributed by atoms with van der Waals surface area (Å²) in [5.74, 6) is 0.287. The molecule has 0 aliphatic carbocycles. The van der Waals surface area contributed by atoms with Crippen LogP contribution in [0, 0.1) is 0 Å². The van der Waals surface area contributed by atoms with E-state index in [1.807, 2.05) is 18.2 Å². The molecule has 0 saturated carbocycles. The summed E-state index contributed by atoms with van der Waals surface area (Å²) in [5.41, 5.74) is 2.16. The van der Waals surface area contributed by atoms with Crippen molar-refractivity contribution >= 4 is 62.3 Å². The number of nitrogens with one attached hydrogen (secondary N) is 1. The van der Waals surface area contributed by atoms with Crippen LogP contribution in [0.2, 0.25) is 5.02 Å². The van der Waals surface area contributed by atoms with Gasteiger partial charge in [0.15, 0.2) is 10.1 Å². The van der Waals surface area contributed by atoms with Crippen molar-refractivity contribution in [3.8, 4) is 0 Å². The van der Waals surface area contributed by atoms with Crippen LogP contribution in [0.15, 0.2) is 46.8 Å². The van der Waals surface area contributed by atoms with E-state index in [1.165, 1.54) is 11.8 Å². The Morgan fingerprint density at radius 3 is 2.68 bits per heavy atom. The van der Waals surface area contributed by atoms with E-state index in [4.69, 9.17) is 11.6 Å². The maximum Gasteiger partial charge on any atom is 0.224 e. The summed E-state index contributed by atoms with van der Waals surface area (Å²) in [6.45, 7) is 1.79. The molecule has 0 spiro atoms. The SMILES string of the molecule is CCC(=O)Nc1ccc(C(=O)CSc2nc3cc(Cl)ccc3s2)cc1. The number of thioether (sulfide) groups is 1. The van der Waals surface area contributed by atoms with Crippen LogP contribution in [0.3, 0.4) is 0 Å². The highest BCUT2D eigenvalue weighted by Gasteiger charge is 2.10. The number of amides is 1. The second-order valence-corrected chi connectivity index (χ2v) is 7.97. The molecule has 0 saturated heterocycles. The van der Waals surface area contributed by atoms with E-state index in [1.54, 1.807) is 42.5 Å². The van der Waals surface area contributed by atoms with Gasteiger partial charge < -0.3 is 5.32 Å². The highest BCUT2D eigenvalue weighted by atomic mass is 35.5. The zero-order valence-corrected chi connectivity index (χ0v) is 15.8. The molecule has 3 rings (SSSR count). The van der Waals surface area contributed by atoms with Gasteiger partial charge in [0.05, 0.1) is 16.0 Å². The molecule has 1 amide bonds. The fraction of sp³-hybridized carbons (Fsp3) is 0.167. The summed E-state index contributed by atoms with van der Waals surface area (Å²) in [5, 5.41) is 3.41. The maximum atomic E-state index is 12.3. The number of anilines is 1. The van der Waals surface area contributed by atoms with Crippen molar-refractivity contribution in [2.75, 3.05) is 11.1 Å². The van der Waals surface area contributed by atoms with Crippen LogP contribution in [-0.4, -0.2) is 22.4 Å². The summed E-state index contributed by atoms with van der Waals surface area (Å²) in [6.07, 6.45) is 0.421. The van der Waals surface area contributed by atoms with Crippen LogP contribution in [-0.2, 0) is 4.79 Å². The number of nitrogens with zero attached hydrogens (tertiary/aromatic N) is 1. The van der Waals surface area contributed by atoms with Gasteiger partial charge in [-0.05, 0) is 42.5 Å². The number of carbonyl (C=O) groups is 2. The number of hydrogen-bond acceptors (Lipinski definition) is 5. The molecule has 0 bridgehead atoms. The standard InChI is InChI=1S/C18H15ClN2O2S2/c1-2-17(23)20-13-6-3-11(4-7-13)15(22)10-24-18-21-14-9-12(19)5-8-16(14)25-18/h3-9H,2,10H2,1H3,(H,20,23). The largest absolute Gasteiger partial charge is 0.326 e. The fourth-order valence-corrected chi connectivity index (χ4v) is 4.25. The quantitative estimate of drug-likeness (QED) is 0.460. The van der Waals surface area contributed by atoms with E-state index in [0.717, 1.165) is 14.6 Å². The molecule has 0 atom stereocenters. The molecule has 3 aromatic rings. The first-order valence-electron chi connectivity index (χ1n) is 7.67. The topological polar surface area (TPSA) is 59.1 Å². The Kier molecular flexibility index (Phi) is 5.73. The third-order valence-corrected chi connectivity index (χ3v) is 5.88. The second-order valence-electron chi connectivity index (χ2n) is 5.28. The molecule has 1 heterocycles. The first kappa shape index (κ1) is 17.9. The van der Waals surface area contributed by atoms with E-state index in [-0.39, 0.29) is 11.7 Å². The van der Waals surface area contributed by atoms with Crippen LogP contribution in [0.5, 0.6) is 0 Å². The van der Waals surface area contributed by atoms with Gasteiger partial charge in [-0.1, -0.05) is 30.3 Å². The molecule has 1 aromatic heterocycles. The number of rotatable bonds is 6. The van der Waals surface area contributed by atoms with Crippen molar-refractivity contribution in [1.82, 2.24) is 4.98 Å². The van der Waals surface area contributed by atoms with Crippen molar-refractivity contribution in [2.45, 2.75) is 17.7 Å². The van der Waals surface area contributed by atoms with Gasteiger partial charge in [-0.2, -0.15) is 0 Å². The average Bonchev–Trinajstić information content (AvgIpc) is 3.02. The predicted molar refractivity (Wildman–Crippen MR) is 105 cm³/mol. The van der Waals surface area contributed by atoms with E-state index in [0.29, 0.717) is 28.4 Å². The number of hydrogen-bond donors (Lipinski definition) is 1. The number of ketones is 1. The first-order valence-corrected chi connectivity index (χ1v) is 9.85. The third kappa shape index (κ3) is 4.60. The van der Waals surface area contributed by atoms with Gasteiger partial charge >= 0.3 is 0 Å². The Hall–Kier alpha value is -1.89. The summed E-state index contributed by atoms with van der Waals surface area (Å²) < 4.78 is 1.90. The normalized spacial score (nSPS) is 10.8. The number of fused-ring (bicyclic) bond motifs is 1. The maximum absolute atomic E-state index is 12.3. The van der Waals surface area contributed by atoms with Crippen LogP contribution < -0.4 is 5.32 Å². The van der Waals surface area contributed by atoms with Crippen LogP contribution in [0.4, 0.5) is 5.69 Å². The minimum absolute atomic E-state index is 0.0238. The number of carbonyl (C=O) groups excluding carboxylic acids is 2. The number of halogens is 1. The van der Waals surface area contributed by atoms with Gasteiger partial charge in [-0.25, -0.2) is 4.98 Å². The van der Waals surface area contributed by atoms with Gasteiger partial charge in [0, 0.05) is 22.7 Å². The minimum Gasteiger partial charge on any atom is -0.326 e. The summed E-state index contributed by atoms with van der Waals surface area (Å²) in [6, 6.07) is 12.5. The molecule has 7 heteroatoms. The zero-order valence-electron chi connectivity index (χ0n) is 13.4. The minimum atomic E-state index is -0.0504. The van der Waals surface area contributed by atoms with Crippen LogP contribution in [0.1, 0.15) is 23.7 Å². The summed E-state index contributed by atoms with van der Waals surface area (Å²) in [4.78, 5) is 28.2. The van der Waals surface area contributed by atoms with E-state index >= 15 is 0 Å². The van der Waals surface area contributed by atoms with Gasteiger partial charge in [-0.15, -0.1) is 11.3 Å². The molecule has 4 nitrogen and oxygen atoms in total. The van der Waals surface area contributed by atoms with E-state index < -0.39 is 0 Å². The van der Waals surface area contributed by atoms with E-state index in [2.05, 4.69) is 10.3 Å².